The van der Waals surface area contributed by atoms with Gasteiger partial charge in [0.05, 0.1) is 33.8 Å². The van der Waals surface area contributed by atoms with Crippen LogP contribution < -0.4 is 10.6 Å². The van der Waals surface area contributed by atoms with Gasteiger partial charge < -0.3 is 15.4 Å². The number of hydrogen-bond acceptors (Lipinski definition) is 5. The van der Waals surface area contributed by atoms with Crippen LogP contribution in [0.2, 0.25) is 10.0 Å². The fraction of sp³-hybridized carbons (Fsp3) is 0.387. The Hall–Kier alpha value is -2.74. The van der Waals surface area contributed by atoms with Crippen molar-refractivity contribution in [3.63, 3.8) is 0 Å². The van der Waals surface area contributed by atoms with E-state index in [2.05, 4.69) is 22.8 Å². The molecule has 2 amide bonds. The molecule has 2 aromatic rings. The van der Waals surface area contributed by atoms with Crippen LogP contribution in [0.1, 0.15) is 51.0 Å². The fourth-order valence-electron chi connectivity index (χ4n) is 5.50. The molecular weight excluding hydrogens is 567 g/mol. The lowest BCUT2D eigenvalue weighted by molar-refractivity contribution is -0.146. The first-order chi connectivity index (χ1) is 19.3. The van der Waals surface area contributed by atoms with E-state index in [0.29, 0.717) is 38.3 Å². The number of allylic oxidation sites excluding steroid dienone is 2. The Morgan fingerprint density at radius 3 is 2.33 bits per heavy atom. The number of anilines is 1. The molecule has 2 aromatic carbocycles. The average Bonchev–Trinajstić information content (AvgIpc) is 3.33. The normalized spacial score (nSPS) is 18.8. The number of nitrogens with one attached hydrogen (secondary N) is 2. The van der Waals surface area contributed by atoms with Crippen molar-refractivity contribution in [3.8, 4) is 0 Å². The molecule has 6 nitrogen and oxygen atoms in total. The highest BCUT2D eigenvalue weighted by atomic mass is 35.5. The van der Waals surface area contributed by atoms with E-state index in [4.69, 9.17) is 27.9 Å². The van der Waals surface area contributed by atoms with Gasteiger partial charge in [0.1, 0.15) is 0 Å². The van der Waals surface area contributed by atoms with E-state index >= 15 is 0 Å². The van der Waals surface area contributed by atoms with Crippen molar-refractivity contribution >= 4 is 58.4 Å². The van der Waals surface area contributed by atoms with Crippen LogP contribution in [0, 0.1) is 11.8 Å². The highest BCUT2D eigenvalue weighted by Gasteiger charge is 2.34. The number of carbonyl (C=O) groups is 3. The van der Waals surface area contributed by atoms with E-state index in [1.807, 2.05) is 25.1 Å². The molecule has 0 aromatic heterocycles. The van der Waals surface area contributed by atoms with Crippen LogP contribution >= 0.6 is 35.0 Å². The predicted molar refractivity (Wildman–Crippen MR) is 163 cm³/mol. The van der Waals surface area contributed by atoms with Gasteiger partial charge in [0.25, 0.3) is 0 Å². The van der Waals surface area contributed by atoms with Gasteiger partial charge in [-0.05, 0) is 62.3 Å². The van der Waals surface area contributed by atoms with Crippen molar-refractivity contribution in [2.24, 2.45) is 11.8 Å². The first-order valence-corrected chi connectivity index (χ1v) is 15.2. The van der Waals surface area contributed by atoms with Crippen LogP contribution in [0.15, 0.2) is 70.8 Å². The maximum Gasteiger partial charge on any atom is 0.324 e. The molecule has 1 aliphatic carbocycles. The molecule has 2 aliphatic rings. The highest BCUT2D eigenvalue weighted by molar-refractivity contribution is 8.04. The van der Waals surface area contributed by atoms with Gasteiger partial charge in [-0.2, -0.15) is 0 Å². The summed E-state index contributed by atoms with van der Waals surface area (Å²) in [6.45, 7) is 1.83. The summed E-state index contributed by atoms with van der Waals surface area (Å²) in [7, 11) is 1.39. The third-order valence-corrected chi connectivity index (χ3v) is 9.33. The number of urea groups is 1. The Bertz CT molecular complexity index is 1290. The van der Waals surface area contributed by atoms with Gasteiger partial charge >= 0.3 is 12.0 Å². The second-order valence-electron chi connectivity index (χ2n) is 10.3. The highest BCUT2D eigenvalue weighted by Crippen LogP contribution is 2.40. The summed E-state index contributed by atoms with van der Waals surface area (Å²) in [5.74, 6) is -0.811. The Morgan fingerprint density at radius 2 is 1.68 bits per heavy atom. The summed E-state index contributed by atoms with van der Waals surface area (Å²) in [6.07, 6.45) is 7.96. The number of methoxy groups -OCH3 is 1. The van der Waals surface area contributed by atoms with Gasteiger partial charge in [-0.1, -0.05) is 84.4 Å². The van der Waals surface area contributed by atoms with E-state index in [1.165, 1.54) is 18.9 Å². The Balaban J connectivity index is 1.58. The number of amides is 2. The van der Waals surface area contributed by atoms with Crippen molar-refractivity contribution in [1.82, 2.24) is 5.32 Å². The van der Waals surface area contributed by atoms with Gasteiger partial charge in [0.2, 0.25) is 0 Å². The number of rotatable bonds is 9. The minimum Gasteiger partial charge on any atom is -0.469 e. The van der Waals surface area contributed by atoms with Gasteiger partial charge in [-0.3, -0.25) is 9.59 Å². The molecule has 1 fully saturated rings. The lowest BCUT2D eigenvalue weighted by Crippen LogP contribution is -2.29. The minimum atomic E-state index is -0.543. The molecule has 9 heteroatoms. The first-order valence-electron chi connectivity index (χ1n) is 13.5. The van der Waals surface area contributed by atoms with Crippen LogP contribution in [0.3, 0.4) is 0 Å². The lowest BCUT2D eigenvalue weighted by Gasteiger charge is -2.29. The van der Waals surface area contributed by atoms with Crippen molar-refractivity contribution in [3.05, 3.63) is 86.4 Å². The van der Waals surface area contributed by atoms with Crippen molar-refractivity contribution in [2.45, 2.75) is 57.1 Å². The summed E-state index contributed by atoms with van der Waals surface area (Å²) in [6, 6.07) is 14.5. The van der Waals surface area contributed by atoms with Crippen molar-refractivity contribution in [1.29, 1.82) is 0 Å². The molecule has 212 valence electrons. The van der Waals surface area contributed by atoms with Crippen LogP contribution in [-0.2, 0) is 20.7 Å². The monoisotopic (exact) mass is 600 g/mol. The quantitative estimate of drug-likeness (QED) is 0.225. The number of ether oxygens (including phenoxy) is 1. The Morgan fingerprint density at radius 1 is 1.00 bits per heavy atom. The number of esters is 1. The molecule has 0 radical (unpaired) electrons. The second kappa shape index (κ2) is 14.2. The molecule has 0 bridgehead atoms. The minimum absolute atomic E-state index is 0.0593. The molecule has 2 atom stereocenters. The van der Waals surface area contributed by atoms with E-state index in [9.17, 15) is 14.4 Å². The maximum atomic E-state index is 13.7. The molecule has 2 N–H and O–H groups in total. The number of halogens is 2. The molecule has 0 saturated heterocycles. The van der Waals surface area contributed by atoms with Crippen LogP contribution in [0.5, 0.6) is 0 Å². The Kier molecular flexibility index (Phi) is 10.8. The van der Waals surface area contributed by atoms with Gasteiger partial charge in [0, 0.05) is 10.8 Å². The number of ketones is 1. The number of hydrogen-bond donors (Lipinski definition) is 2. The molecule has 1 saturated carbocycles. The van der Waals surface area contributed by atoms with Gasteiger partial charge in [0.15, 0.2) is 5.78 Å². The first kappa shape index (κ1) is 30.2. The fourth-order valence-corrected chi connectivity index (χ4v) is 7.33. The van der Waals surface area contributed by atoms with Crippen LogP contribution in [0.25, 0.3) is 0 Å². The zero-order chi connectivity index (χ0) is 28.6. The second-order valence-corrected chi connectivity index (χ2v) is 12.4. The molecule has 4 rings (SSSR count). The topological polar surface area (TPSA) is 84.5 Å². The summed E-state index contributed by atoms with van der Waals surface area (Å²) in [4.78, 5) is 39.5. The zero-order valence-electron chi connectivity index (χ0n) is 22.7. The number of para-hydroxylation sites is 1. The third kappa shape index (κ3) is 7.71. The predicted octanol–water partition coefficient (Wildman–Crippen LogP) is 7.96. The molecule has 1 heterocycles. The van der Waals surface area contributed by atoms with Crippen LogP contribution in [-0.4, -0.2) is 30.1 Å². The SMILES string of the molecule is COC(=O)C(/C(C)=C\C(=O)C1=C(NC(=O)Nc2c(Cl)cccc2Cl)SC(Cc2ccccc2)C1)C1CCCCC1. The number of carbonyl (C=O) groups excluding carboxylic acids is 3. The van der Waals surface area contributed by atoms with Crippen LogP contribution in [0.4, 0.5) is 10.5 Å². The van der Waals surface area contributed by atoms with E-state index < -0.39 is 11.9 Å². The zero-order valence-corrected chi connectivity index (χ0v) is 25.0. The summed E-state index contributed by atoms with van der Waals surface area (Å²) < 4.78 is 5.13. The molecule has 2 unspecified atom stereocenters. The van der Waals surface area contributed by atoms with Gasteiger partial charge in [-0.15, -0.1) is 11.8 Å². The average molecular weight is 602 g/mol. The molecule has 0 spiro atoms. The lowest BCUT2D eigenvalue weighted by atomic mass is 9.76. The summed E-state index contributed by atoms with van der Waals surface area (Å²) >= 11 is 13.9. The summed E-state index contributed by atoms with van der Waals surface area (Å²) in [5.41, 5.74) is 2.65. The van der Waals surface area contributed by atoms with Crippen molar-refractivity contribution in [2.75, 3.05) is 12.4 Å². The standard InChI is InChI=1S/C31H34Cl2N2O4S/c1-19(27(30(37)39-2)21-12-7-4-8-13-21)16-26(36)23-18-22(17-20-10-5-3-6-11-20)40-29(23)35-31(38)34-28-24(32)14-9-15-25(28)33/h3,5-6,9-11,14-16,21-22,27H,4,7-8,12-13,17-18H2,1-2H3,(H2,34,35,38)/b19-16-. The van der Waals surface area contributed by atoms with E-state index in [1.54, 1.807) is 24.3 Å². The largest absolute Gasteiger partial charge is 0.469 e. The number of thioether (sulfide) groups is 1. The molecule has 40 heavy (non-hydrogen) atoms. The molecular formula is C31H34Cl2N2O4S. The van der Waals surface area contributed by atoms with Gasteiger partial charge in [-0.25, -0.2) is 4.79 Å². The maximum absolute atomic E-state index is 13.7. The molecule has 1 aliphatic heterocycles. The number of benzene rings is 2. The summed E-state index contributed by atoms with van der Waals surface area (Å²) in [5, 5.41) is 6.73. The Labute approximate surface area is 249 Å². The van der Waals surface area contributed by atoms with E-state index in [0.717, 1.165) is 44.1 Å². The third-order valence-electron chi connectivity index (χ3n) is 7.45. The smallest absolute Gasteiger partial charge is 0.324 e. The van der Waals surface area contributed by atoms with E-state index in [-0.39, 0.29) is 22.9 Å². The van der Waals surface area contributed by atoms with Crippen molar-refractivity contribution < 1.29 is 19.1 Å².